The lowest BCUT2D eigenvalue weighted by molar-refractivity contribution is 0.0600. The topological polar surface area (TPSA) is 94.3 Å². The Morgan fingerprint density at radius 2 is 2.00 bits per heavy atom. The van der Waals surface area contributed by atoms with E-state index in [4.69, 9.17) is 4.52 Å². The van der Waals surface area contributed by atoms with Crippen molar-refractivity contribution < 1.29 is 18.8 Å². The summed E-state index contributed by atoms with van der Waals surface area (Å²) in [5.41, 5.74) is 2.19. The van der Waals surface area contributed by atoms with E-state index in [1.165, 1.54) is 18.4 Å². The van der Waals surface area contributed by atoms with Crippen LogP contribution in [0.2, 0.25) is 0 Å². The van der Waals surface area contributed by atoms with Crippen LogP contribution in [-0.4, -0.2) is 29.1 Å². The lowest BCUT2D eigenvalue weighted by Gasteiger charge is -2.00. The van der Waals surface area contributed by atoms with Gasteiger partial charge in [0, 0.05) is 17.0 Å². The molecule has 2 heterocycles. The Morgan fingerprint density at radius 3 is 2.62 bits per heavy atom. The molecule has 0 aliphatic heterocycles. The number of esters is 1. The zero-order chi connectivity index (χ0) is 17.1. The number of carbonyl (C=O) groups excluding carboxylic acids is 2. The maximum atomic E-state index is 12.0. The van der Waals surface area contributed by atoms with Crippen molar-refractivity contribution in [2.24, 2.45) is 0 Å². The Balaban J connectivity index is 1.73. The van der Waals surface area contributed by atoms with Crippen LogP contribution in [0, 0.1) is 6.92 Å². The number of carbonyl (C=O) groups is 2. The van der Waals surface area contributed by atoms with Crippen molar-refractivity contribution in [1.29, 1.82) is 0 Å². The lowest BCUT2D eigenvalue weighted by atomic mass is 10.1. The van der Waals surface area contributed by atoms with E-state index in [1.54, 1.807) is 37.3 Å². The minimum absolute atomic E-state index is 0.201. The van der Waals surface area contributed by atoms with E-state index in [0.29, 0.717) is 22.1 Å². The number of nitrogens with zero attached hydrogens (tertiary/aromatic N) is 2. The number of ether oxygens (including phenoxy) is 1. The SMILES string of the molecule is COC(=O)c1ccc(-c2csc(NC(=O)c3cc(C)on3)n2)cc1. The van der Waals surface area contributed by atoms with Gasteiger partial charge >= 0.3 is 5.97 Å². The molecule has 0 aliphatic carbocycles. The second-order valence-electron chi connectivity index (χ2n) is 4.88. The number of anilines is 1. The average Bonchev–Trinajstić information content (AvgIpc) is 3.23. The smallest absolute Gasteiger partial charge is 0.337 e. The van der Waals surface area contributed by atoms with Gasteiger partial charge in [0.05, 0.1) is 18.4 Å². The van der Waals surface area contributed by atoms with E-state index in [0.717, 1.165) is 5.56 Å². The first-order valence-electron chi connectivity index (χ1n) is 6.96. The molecule has 1 amide bonds. The third-order valence-corrected chi connectivity index (χ3v) is 3.94. The van der Waals surface area contributed by atoms with Gasteiger partial charge in [0.1, 0.15) is 5.76 Å². The van der Waals surface area contributed by atoms with Gasteiger partial charge in [-0.3, -0.25) is 10.1 Å². The molecule has 0 radical (unpaired) electrons. The molecule has 0 unspecified atom stereocenters. The molecular formula is C16H13N3O4S. The maximum absolute atomic E-state index is 12.0. The minimum Gasteiger partial charge on any atom is -0.465 e. The third kappa shape index (κ3) is 3.33. The fraction of sp³-hybridized carbons (Fsp3) is 0.125. The van der Waals surface area contributed by atoms with Crippen LogP contribution in [0.25, 0.3) is 11.3 Å². The van der Waals surface area contributed by atoms with Gasteiger partial charge in [0.2, 0.25) is 0 Å². The molecule has 7 nitrogen and oxygen atoms in total. The van der Waals surface area contributed by atoms with Crippen LogP contribution in [0.3, 0.4) is 0 Å². The summed E-state index contributed by atoms with van der Waals surface area (Å²) in [5, 5.41) is 8.60. The predicted octanol–water partition coefficient (Wildman–Crippen LogP) is 3.15. The Hall–Kier alpha value is -3.00. The average molecular weight is 343 g/mol. The largest absolute Gasteiger partial charge is 0.465 e. The molecule has 1 N–H and O–H groups in total. The molecule has 8 heteroatoms. The van der Waals surface area contributed by atoms with Gasteiger partial charge in [0.25, 0.3) is 5.91 Å². The van der Waals surface area contributed by atoms with Gasteiger partial charge in [0.15, 0.2) is 10.8 Å². The standard InChI is InChI=1S/C16H13N3O4S/c1-9-7-12(19-23-9)14(20)18-16-17-13(8-24-16)10-3-5-11(6-4-10)15(21)22-2/h3-8H,1-2H3,(H,17,18,20). The number of benzene rings is 1. The van der Waals surface area contributed by atoms with Crippen molar-refractivity contribution in [2.45, 2.75) is 6.92 Å². The van der Waals surface area contributed by atoms with E-state index in [1.807, 2.05) is 5.38 Å². The summed E-state index contributed by atoms with van der Waals surface area (Å²) in [7, 11) is 1.34. The van der Waals surface area contributed by atoms with E-state index >= 15 is 0 Å². The summed E-state index contributed by atoms with van der Waals surface area (Å²) in [6.45, 7) is 1.71. The predicted molar refractivity (Wildman–Crippen MR) is 88.1 cm³/mol. The van der Waals surface area contributed by atoms with Gasteiger partial charge in [-0.1, -0.05) is 17.3 Å². The number of methoxy groups -OCH3 is 1. The number of aryl methyl sites for hydroxylation is 1. The first-order valence-corrected chi connectivity index (χ1v) is 7.84. The molecule has 0 saturated heterocycles. The summed E-state index contributed by atoms with van der Waals surface area (Å²) < 4.78 is 9.53. The zero-order valence-electron chi connectivity index (χ0n) is 12.9. The number of hydrogen-bond acceptors (Lipinski definition) is 7. The normalized spacial score (nSPS) is 10.4. The summed E-state index contributed by atoms with van der Waals surface area (Å²) in [6, 6.07) is 8.42. The van der Waals surface area contributed by atoms with E-state index in [2.05, 4.69) is 20.2 Å². The van der Waals surface area contributed by atoms with Crippen molar-refractivity contribution >= 4 is 28.3 Å². The fourth-order valence-electron chi connectivity index (χ4n) is 1.99. The van der Waals surface area contributed by atoms with Gasteiger partial charge in [-0.15, -0.1) is 11.3 Å². The molecule has 0 spiro atoms. The molecule has 3 rings (SSSR count). The highest BCUT2D eigenvalue weighted by atomic mass is 32.1. The number of rotatable bonds is 4. The Bertz CT molecular complexity index is 883. The number of aromatic nitrogens is 2. The van der Waals surface area contributed by atoms with Gasteiger partial charge < -0.3 is 9.26 Å². The summed E-state index contributed by atoms with van der Waals surface area (Å²) >= 11 is 1.30. The highest BCUT2D eigenvalue weighted by Crippen LogP contribution is 2.25. The molecule has 2 aromatic heterocycles. The summed E-state index contributed by atoms with van der Waals surface area (Å²) in [4.78, 5) is 27.8. The molecule has 0 aliphatic rings. The van der Waals surface area contributed by atoms with E-state index in [9.17, 15) is 9.59 Å². The van der Waals surface area contributed by atoms with Crippen LogP contribution in [0.15, 0.2) is 40.2 Å². The number of thiazole rings is 1. The molecule has 1 aromatic carbocycles. The number of amides is 1. The van der Waals surface area contributed by atoms with Crippen LogP contribution >= 0.6 is 11.3 Å². The number of nitrogens with one attached hydrogen (secondary N) is 1. The van der Waals surface area contributed by atoms with E-state index in [-0.39, 0.29) is 11.6 Å². The van der Waals surface area contributed by atoms with Crippen LogP contribution in [0.4, 0.5) is 5.13 Å². The Kier molecular flexibility index (Phi) is 4.39. The Morgan fingerprint density at radius 1 is 1.25 bits per heavy atom. The zero-order valence-corrected chi connectivity index (χ0v) is 13.7. The fourth-order valence-corrected chi connectivity index (χ4v) is 2.71. The minimum atomic E-state index is -0.393. The van der Waals surface area contributed by atoms with Crippen molar-refractivity contribution in [3.63, 3.8) is 0 Å². The molecule has 0 saturated carbocycles. The highest BCUT2D eigenvalue weighted by molar-refractivity contribution is 7.14. The van der Waals surface area contributed by atoms with Crippen molar-refractivity contribution in [3.05, 3.63) is 52.7 Å². The van der Waals surface area contributed by atoms with Gasteiger partial charge in [-0.05, 0) is 19.1 Å². The molecule has 122 valence electrons. The second-order valence-corrected chi connectivity index (χ2v) is 5.74. The molecule has 0 atom stereocenters. The monoisotopic (exact) mass is 343 g/mol. The molecule has 3 aromatic rings. The maximum Gasteiger partial charge on any atom is 0.337 e. The lowest BCUT2D eigenvalue weighted by Crippen LogP contribution is -2.11. The molecular weight excluding hydrogens is 330 g/mol. The van der Waals surface area contributed by atoms with E-state index < -0.39 is 5.97 Å². The second kappa shape index (κ2) is 6.63. The molecule has 0 bridgehead atoms. The first-order chi connectivity index (χ1) is 11.6. The molecule has 24 heavy (non-hydrogen) atoms. The van der Waals surface area contributed by atoms with Crippen LogP contribution in [0.5, 0.6) is 0 Å². The summed E-state index contributed by atoms with van der Waals surface area (Å²) in [5.74, 6) is -0.213. The van der Waals surface area contributed by atoms with Crippen LogP contribution < -0.4 is 5.32 Å². The molecule has 0 fully saturated rings. The van der Waals surface area contributed by atoms with Crippen LogP contribution in [-0.2, 0) is 4.74 Å². The van der Waals surface area contributed by atoms with Gasteiger partial charge in [-0.25, -0.2) is 9.78 Å². The summed E-state index contributed by atoms with van der Waals surface area (Å²) in [6.07, 6.45) is 0. The number of hydrogen-bond donors (Lipinski definition) is 1. The Labute approximate surface area is 141 Å². The van der Waals surface area contributed by atoms with Crippen molar-refractivity contribution in [3.8, 4) is 11.3 Å². The first kappa shape index (κ1) is 15.9. The highest BCUT2D eigenvalue weighted by Gasteiger charge is 2.14. The van der Waals surface area contributed by atoms with Crippen LogP contribution in [0.1, 0.15) is 26.6 Å². The third-order valence-electron chi connectivity index (χ3n) is 3.19. The van der Waals surface area contributed by atoms with Crippen molar-refractivity contribution in [2.75, 3.05) is 12.4 Å². The van der Waals surface area contributed by atoms with Crippen molar-refractivity contribution in [1.82, 2.24) is 10.1 Å². The quantitative estimate of drug-likeness (QED) is 0.731. The van der Waals surface area contributed by atoms with Gasteiger partial charge in [-0.2, -0.15) is 0 Å².